The Hall–Kier alpha value is -3.07. The first kappa shape index (κ1) is 15.3. The van der Waals surface area contributed by atoms with Crippen LogP contribution in [0.15, 0.2) is 48.0 Å². The first-order valence-electron chi connectivity index (χ1n) is 6.13. The lowest BCUT2D eigenvalue weighted by molar-refractivity contribution is -0.112. The maximum absolute atomic E-state index is 13.5. The number of nitriles is 1. The number of nitrogens with one attached hydrogen (secondary N) is 1. The maximum Gasteiger partial charge on any atom is 0.266 e. The average Bonchev–Trinajstić information content (AvgIpc) is 2.49. The summed E-state index contributed by atoms with van der Waals surface area (Å²) >= 11 is 0. The summed E-state index contributed by atoms with van der Waals surface area (Å²) in [7, 11) is 0. The molecule has 0 radical (unpaired) electrons. The molecule has 0 atom stereocenters. The van der Waals surface area contributed by atoms with Gasteiger partial charge in [-0.1, -0.05) is 0 Å². The van der Waals surface area contributed by atoms with Gasteiger partial charge in [-0.05, 0) is 42.5 Å². The van der Waals surface area contributed by atoms with Crippen molar-refractivity contribution in [3.05, 3.63) is 71.1 Å². The molecular formula is C16H9F3N2O. The van der Waals surface area contributed by atoms with E-state index in [9.17, 15) is 18.0 Å². The Morgan fingerprint density at radius 3 is 2.27 bits per heavy atom. The summed E-state index contributed by atoms with van der Waals surface area (Å²) in [5.41, 5.74) is -0.172. The fourth-order valence-electron chi connectivity index (χ4n) is 1.65. The Balaban J connectivity index is 2.23. The van der Waals surface area contributed by atoms with Crippen molar-refractivity contribution >= 4 is 17.7 Å². The summed E-state index contributed by atoms with van der Waals surface area (Å²) in [5, 5.41) is 11.4. The molecule has 0 saturated heterocycles. The number of rotatable bonds is 3. The molecule has 110 valence electrons. The molecule has 1 N–H and O–H groups in total. The molecule has 0 bridgehead atoms. The van der Waals surface area contributed by atoms with Crippen LogP contribution in [-0.4, -0.2) is 5.91 Å². The van der Waals surface area contributed by atoms with E-state index >= 15 is 0 Å². The van der Waals surface area contributed by atoms with E-state index < -0.39 is 23.4 Å². The van der Waals surface area contributed by atoms with Crippen molar-refractivity contribution in [1.82, 2.24) is 0 Å². The van der Waals surface area contributed by atoms with Crippen molar-refractivity contribution in [3.8, 4) is 6.07 Å². The second-order valence-electron chi connectivity index (χ2n) is 4.30. The first-order chi connectivity index (χ1) is 10.5. The molecule has 22 heavy (non-hydrogen) atoms. The number of benzene rings is 2. The van der Waals surface area contributed by atoms with Gasteiger partial charge in [-0.25, -0.2) is 13.2 Å². The quantitative estimate of drug-likeness (QED) is 0.695. The molecule has 6 heteroatoms. The van der Waals surface area contributed by atoms with Gasteiger partial charge in [0.25, 0.3) is 5.91 Å². The SMILES string of the molecule is N#C/C(=C\c1ccc(F)cc1F)C(=O)Nc1ccc(F)cc1. The highest BCUT2D eigenvalue weighted by atomic mass is 19.1. The summed E-state index contributed by atoms with van der Waals surface area (Å²) in [6, 6.07) is 9.35. The van der Waals surface area contributed by atoms with Crippen LogP contribution in [-0.2, 0) is 4.79 Å². The Bertz CT molecular complexity index is 777. The third-order valence-electron chi connectivity index (χ3n) is 2.73. The van der Waals surface area contributed by atoms with Gasteiger partial charge in [0.15, 0.2) is 0 Å². The number of nitrogens with zero attached hydrogens (tertiary/aromatic N) is 1. The van der Waals surface area contributed by atoms with Crippen LogP contribution in [0.4, 0.5) is 18.9 Å². The van der Waals surface area contributed by atoms with Gasteiger partial charge in [0.1, 0.15) is 29.1 Å². The minimum Gasteiger partial charge on any atom is -0.321 e. The highest BCUT2D eigenvalue weighted by Gasteiger charge is 2.11. The molecule has 0 unspecified atom stereocenters. The Kier molecular flexibility index (Phi) is 4.59. The van der Waals surface area contributed by atoms with Gasteiger partial charge in [0.05, 0.1) is 0 Å². The van der Waals surface area contributed by atoms with Crippen LogP contribution >= 0.6 is 0 Å². The molecule has 0 spiro atoms. The van der Waals surface area contributed by atoms with E-state index in [0.717, 1.165) is 30.3 Å². The van der Waals surface area contributed by atoms with E-state index in [4.69, 9.17) is 5.26 Å². The molecule has 0 aromatic heterocycles. The van der Waals surface area contributed by atoms with Crippen molar-refractivity contribution in [1.29, 1.82) is 5.26 Å². The molecule has 3 nitrogen and oxygen atoms in total. The van der Waals surface area contributed by atoms with Crippen molar-refractivity contribution < 1.29 is 18.0 Å². The van der Waals surface area contributed by atoms with Crippen LogP contribution in [0.2, 0.25) is 0 Å². The van der Waals surface area contributed by atoms with Gasteiger partial charge in [0.2, 0.25) is 0 Å². The van der Waals surface area contributed by atoms with Gasteiger partial charge in [-0.3, -0.25) is 4.79 Å². The standard InChI is InChI=1S/C16H9F3N2O/c17-12-3-5-14(6-4-12)21-16(22)11(9-20)7-10-1-2-13(18)8-15(10)19/h1-8H,(H,21,22)/b11-7+. The van der Waals surface area contributed by atoms with Gasteiger partial charge < -0.3 is 5.32 Å². The second kappa shape index (κ2) is 6.59. The third-order valence-corrected chi connectivity index (χ3v) is 2.73. The number of hydrogen-bond acceptors (Lipinski definition) is 2. The zero-order valence-corrected chi connectivity index (χ0v) is 11.1. The molecule has 0 heterocycles. The minimum atomic E-state index is -0.887. The van der Waals surface area contributed by atoms with E-state index in [1.807, 2.05) is 0 Å². The topological polar surface area (TPSA) is 52.9 Å². The molecule has 1 amide bonds. The molecular weight excluding hydrogens is 293 g/mol. The first-order valence-corrected chi connectivity index (χ1v) is 6.13. The molecule has 2 aromatic rings. The van der Waals surface area contributed by atoms with E-state index in [1.165, 1.54) is 12.1 Å². The molecule has 0 fully saturated rings. The minimum absolute atomic E-state index is 0.0905. The molecule has 2 aromatic carbocycles. The number of amides is 1. The molecule has 0 aliphatic carbocycles. The summed E-state index contributed by atoms with van der Waals surface area (Å²) in [4.78, 5) is 11.9. The fraction of sp³-hybridized carbons (Fsp3) is 0. The van der Waals surface area contributed by atoms with Crippen molar-refractivity contribution in [2.75, 3.05) is 5.32 Å². The normalized spacial score (nSPS) is 10.9. The second-order valence-corrected chi connectivity index (χ2v) is 4.30. The Morgan fingerprint density at radius 2 is 1.68 bits per heavy atom. The van der Waals surface area contributed by atoms with Crippen molar-refractivity contribution in [3.63, 3.8) is 0 Å². The van der Waals surface area contributed by atoms with E-state index in [1.54, 1.807) is 6.07 Å². The summed E-state index contributed by atoms with van der Waals surface area (Å²) in [5.74, 6) is -2.90. The lowest BCUT2D eigenvalue weighted by Gasteiger charge is -2.04. The van der Waals surface area contributed by atoms with Crippen LogP contribution in [0.3, 0.4) is 0 Å². The highest BCUT2D eigenvalue weighted by molar-refractivity contribution is 6.09. The summed E-state index contributed by atoms with van der Waals surface area (Å²) in [6.07, 6.45) is 1.01. The average molecular weight is 302 g/mol. The van der Waals surface area contributed by atoms with E-state index in [0.29, 0.717) is 6.07 Å². The van der Waals surface area contributed by atoms with Crippen LogP contribution in [0.1, 0.15) is 5.56 Å². The number of carbonyl (C=O) groups is 1. The monoisotopic (exact) mass is 302 g/mol. The van der Waals surface area contributed by atoms with Gasteiger partial charge >= 0.3 is 0 Å². The number of carbonyl (C=O) groups excluding carboxylic acids is 1. The lowest BCUT2D eigenvalue weighted by atomic mass is 10.1. The van der Waals surface area contributed by atoms with Gasteiger partial charge in [0, 0.05) is 17.3 Å². The third kappa shape index (κ3) is 3.73. The maximum atomic E-state index is 13.5. The van der Waals surface area contributed by atoms with Crippen molar-refractivity contribution in [2.45, 2.75) is 0 Å². The lowest BCUT2D eigenvalue weighted by Crippen LogP contribution is -2.13. The molecule has 2 rings (SSSR count). The predicted octanol–water partition coefficient (Wildman–Crippen LogP) is 3.65. The van der Waals surface area contributed by atoms with Crippen LogP contribution in [0.25, 0.3) is 6.08 Å². The zero-order chi connectivity index (χ0) is 16.1. The van der Waals surface area contributed by atoms with Crippen LogP contribution in [0, 0.1) is 28.8 Å². The summed E-state index contributed by atoms with van der Waals surface area (Å²) < 4.78 is 39.1. The molecule has 0 aliphatic heterocycles. The molecule has 0 aliphatic rings. The molecule has 0 saturated carbocycles. The fourth-order valence-corrected chi connectivity index (χ4v) is 1.65. The number of hydrogen-bond donors (Lipinski definition) is 1. The van der Waals surface area contributed by atoms with Crippen LogP contribution < -0.4 is 5.32 Å². The predicted molar refractivity (Wildman–Crippen MR) is 75.0 cm³/mol. The highest BCUT2D eigenvalue weighted by Crippen LogP contribution is 2.15. The zero-order valence-electron chi connectivity index (χ0n) is 11.1. The largest absolute Gasteiger partial charge is 0.321 e. The smallest absolute Gasteiger partial charge is 0.266 e. The van der Waals surface area contributed by atoms with Gasteiger partial charge in [-0.15, -0.1) is 0 Å². The summed E-state index contributed by atoms with van der Waals surface area (Å²) in [6.45, 7) is 0. The van der Waals surface area contributed by atoms with Crippen LogP contribution in [0.5, 0.6) is 0 Å². The Morgan fingerprint density at radius 1 is 1.05 bits per heavy atom. The van der Waals surface area contributed by atoms with Gasteiger partial charge in [-0.2, -0.15) is 5.26 Å². The number of anilines is 1. The van der Waals surface area contributed by atoms with Crippen molar-refractivity contribution in [2.24, 2.45) is 0 Å². The van der Waals surface area contributed by atoms with E-state index in [2.05, 4.69) is 5.32 Å². The Labute approximate surface area is 124 Å². The van der Waals surface area contributed by atoms with E-state index in [-0.39, 0.29) is 16.8 Å². The number of halogens is 3.